The van der Waals surface area contributed by atoms with E-state index in [9.17, 15) is 0 Å². The van der Waals surface area contributed by atoms with Crippen LogP contribution in [0.3, 0.4) is 0 Å². The number of nitrogens with zero attached hydrogens (tertiary/aromatic N) is 4. The molecule has 0 atom stereocenters. The number of hydrogen-bond donors (Lipinski definition) is 0. The minimum atomic E-state index is 0.702. The van der Waals surface area contributed by atoms with Crippen molar-refractivity contribution in [3.8, 4) is 0 Å². The monoisotopic (exact) mass is 242 g/mol. The second-order valence-electron chi connectivity index (χ2n) is 5.77. The first kappa shape index (κ1) is 14.9. The van der Waals surface area contributed by atoms with Crippen molar-refractivity contribution < 1.29 is 0 Å². The molecule has 0 saturated carbocycles. The molecule has 0 aromatic heterocycles. The second-order valence-corrected chi connectivity index (χ2v) is 5.77. The Balaban J connectivity index is 2.14. The third-order valence-corrected chi connectivity index (χ3v) is 3.46. The van der Waals surface area contributed by atoms with Crippen LogP contribution in [-0.4, -0.2) is 92.7 Å². The number of hydrogen-bond acceptors (Lipinski definition) is 4. The summed E-state index contributed by atoms with van der Waals surface area (Å²) < 4.78 is 0. The number of likely N-dealkylation sites (N-methyl/N-ethyl adjacent to an activating group) is 1. The molecule has 0 aromatic carbocycles. The molecular weight excluding hydrogens is 212 g/mol. The summed E-state index contributed by atoms with van der Waals surface area (Å²) in [5.41, 5.74) is 0. The maximum atomic E-state index is 2.59. The smallest absolute Gasteiger partial charge is 0.0498 e. The normalized spacial score (nSPS) is 19.8. The molecule has 1 saturated heterocycles. The Labute approximate surface area is 107 Å². The molecule has 1 aliphatic rings. The van der Waals surface area contributed by atoms with Crippen LogP contribution in [0.2, 0.25) is 0 Å². The van der Waals surface area contributed by atoms with Crippen molar-refractivity contribution in [1.29, 1.82) is 0 Å². The van der Waals surface area contributed by atoms with Gasteiger partial charge in [0.05, 0.1) is 0 Å². The van der Waals surface area contributed by atoms with Crippen molar-refractivity contribution in [1.82, 2.24) is 19.6 Å². The van der Waals surface area contributed by atoms with Crippen molar-refractivity contribution in [2.24, 2.45) is 0 Å². The lowest BCUT2D eigenvalue weighted by molar-refractivity contribution is 0.0959. The maximum Gasteiger partial charge on any atom is 0.0498 e. The third kappa shape index (κ3) is 5.82. The Bertz CT molecular complexity index is 198. The molecule has 1 heterocycles. The highest BCUT2D eigenvalue weighted by atomic mass is 15.3. The van der Waals surface area contributed by atoms with Gasteiger partial charge in [-0.15, -0.1) is 0 Å². The summed E-state index contributed by atoms with van der Waals surface area (Å²) in [6.45, 7) is 12.9. The van der Waals surface area contributed by atoms with Crippen LogP contribution >= 0.6 is 0 Å². The molecule has 0 spiro atoms. The van der Waals surface area contributed by atoms with Crippen molar-refractivity contribution in [3.05, 3.63) is 0 Å². The molecule has 4 heteroatoms. The Hall–Kier alpha value is -0.160. The molecule has 0 unspecified atom stereocenters. The summed E-state index contributed by atoms with van der Waals surface area (Å²) in [5, 5.41) is 0. The van der Waals surface area contributed by atoms with Crippen LogP contribution in [0.25, 0.3) is 0 Å². The Kier molecular flexibility index (Phi) is 6.41. The summed E-state index contributed by atoms with van der Waals surface area (Å²) in [7, 11) is 6.44. The van der Waals surface area contributed by atoms with Crippen LogP contribution in [0, 0.1) is 0 Å². The molecule has 17 heavy (non-hydrogen) atoms. The molecule has 0 bridgehead atoms. The fraction of sp³-hybridized carbons (Fsp3) is 1.00. The first-order chi connectivity index (χ1) is 7.99. The number of rotatable bonds is 6. The van der Waals surface area contributed by atoms with E-state index >= 15 is 0 Å². The van der Waals surface area contributed by atoms with E-state index < -0.39 is 0 Å². The lowest BCUT2D eigenvalue weighted by Gasteiger charge is -2.37. The van der Waals surface area contributed by atoms with Gasteiger partial charge in [-0.1, -0.05) is 0 Å². The van der Waals surface area contributed by atoms with Crippen LogP contribution in [0.5, 0.6) is 0 Å². The van der Waals surface area contributed by atoms with Crippen molar-refractivity contribution in [2.45, 2.75) is 19.9 Å². The van der Waals surface area contributed by atoms with Crippen LogP contribution in [-0.2, 0) is 0 Å². The standard InChI is InChI=1S/C13H30N4/c1-13(2)17-10-8-16(9-11-17)7-6-15(5)12-14(3)4/h13H,6-12H2,1-5H3. The van der Waals surface area contributed by atoms with Crippen molar-refractivity contribution in [2.75, 3.05) is 67.1 Å². The van der Waals surface area contributed by atoms with E-state index in [2.05, 4.69) is 54.6 Å². The predicted molar refractivity (Wildman–Crippen MR) is 74.3 cm³/mol. The van der Waals surface area contributed by atoms with Gasteiger partial charge in [-0.25, -0.2) is 0 Å². The molecule has 0 radical (unpaired) electrons. The quantitative estimate of drug-likeness (QED) is 0.628. The largest absolute Gasteiger partial charge is 0.300 e. The zero-order valence-corrected chi connectivity index (χ0v) is 12.3. The first-order valence-corrected chi connectivity index (χ1v) is 6.78. The third-order valence-electron chi connectivity index (χ3n) is 3.46. The van der Waals surface area contributed by atoms with Gasteiger partial charge in [0.15, 0.2) is 0 Å². The highest BCUT2D eigenvalue weighted by Crippen LogP contribution is 2.05. The Morgan fingerprint density at radius 2 is 1.59 bits per heavy atom. The first-order valence-electron chi connectivity index (χ1n) is 6.78. The van der Waals surface area contributed by atoms with Gasteiger partial charge in [-0.05, 0) is 35.0 Å². The second kappa shape index (κ2) is 7.31. The average Bonchev–Trinajstić information content (AvgIpc) is 2.26. The molecule has 0 amide bonds. The van der Waals surface area contributed by atoms with Gasteiger partial charge in [-0.2, -0.15) is 0 Å². The Morgan fingerprint density at radius 1 is 1.00 bits per heavy atom. The molecule has 4 nitrogen and oxygen atoms in total. The molecule has 1 aliphatic heterocycles. The van der Waals surface area contributed by atoms with E-state index in [1.165, 1.54) is 39.3 Å². The maximum absolute atomic E-state index is 2.59. The Morgan fingerprint density at radius 3 is 2.06 bits per heavy atom. The summed E-state index contributed by atoms with van der Waals surface area (Å²) >= 11 is 0. The minimum Gasteiger partial charge on any atom is -0.300 e. The fourth-order valence-electron chi connectivity index (χ4n) is 2.37. The minimum absolute atomic E-state index is 0.702. The molecule has 102 valence electrons. The van der Waals surface area contributed by atoms with Gasteiger partial charge in [0.2, 0.25) is 0 Å². The van der Waals surface area contributed by atoms with E-state index in [1.807, 2.05) is 0 Å². The van der Waals surface area contributed by atoms with Crippen molar-refractivity contribution in [3.63, 3.8) is 0 Å². The highest BCUT2D eigenvalue weighted by Gasteiger charge is 2.18. The molecule has 0 aromatic rings. The highest BCUT2D eigenvalue weighted by molar-refractivity contribution is 4.74. The van der Waals surface area contributed by atoms with Crippen LogP contribution in [0.4, 0.5) is 0 Å². The van der Waals surface area contributed by atoms with Crippen molar-refractivity contribution >= 4 is 0 Å². The zero-order valence-electron chi connectivity index (χ0n) is 12.3. The van der Waals surface area contributed by atoms with Gasteiger partial charge in [-0.3, -0.25) is 19.6 Å². The molecular formula is C13H30N4. The number of piperazine rings is 1. The summed E-state index contributed by atoms with van der Waals surface area (Å²) in [6, 6.07) is 0.702. The summed E-state index contributed by atoms with van der Waals surface area (Å²) in [6.07, 6.45) is 0. The van der Waals surface area contributed by atoms with Crippen LogP contribution < -0.4 is 0 Å². The lowest BCUT2D eigenvalue weighted by atomic mass is 10.2. The molecule has 1 fully saturated rings. The average molecular weight is 242 g/mol. The summed E-state index contributed by atoms with van der Waals surface area (Å²) in [5.74, 6) is 0. The van der Waals surface area contributed by atoms with Gasteiger partial charge < -0.3 is 0 Å². The molecule has 0 N–H and O–H groups in total. The lowest BCUT2D eigenvalue weighted by Crippen LogP contribution is -2.50. The SMILES string of the molecule is CC(C)N1CCN(CCN(C)CN(C)C)CC1. The molecule has 1 rings (SSSR count). The summed E-state index contributed by atoms with van der Waals surface area (Å²) in [4.78, 5) is 9.76. The van der Waals surface area contributed by atoms with Gasteiger partial charge >= 0.3 is 0 Å². The van der Waals surface area contributed by atoms with Gasteiger partial charge in [0.25, 0.3) is 0 Å². The van der Waals surface area contributed by atoms with E-state index in [0.717, 1.165) is 6.67 Å². The van der Waals surface area contributed by atoms with E-state index in [4.69, 9.17) is 0 Å². The predicted octanol–water partition coefficient (Wildman–Crippen LogP) is 0.463. The van der Waals surface area contributed by atoms with Crippen LogP contribution in [0.15, 0.2) is 0 Å². The van der Waals surface area contributed by atoms with Gasteiger partial charge in [0, 0.05) is 52.0 Å². The van der Waals surface area contributed by atoms with Crippen LogP contribution in [0.1, 0.15) is 13.8 Å². The van der Waals surface area contributed by atoms with Gasteiger partial charge in [0.1, 0.15) is 0 Å². The topological polar surface area (TPSA) is 13.0 Å². The van der Waals surface area contributed by atoms with E-state index in [0.29, 0.717) is 6.04 Å². The van der Waals surface area contributed by atoms with E-state index in [1.54, 1.807) is 0 Å². The zero-order chi connectivity index (χ0) is 12.8. The molecule has 0 aliphatic carbocycles. The fourth-order valence-corrected chi connectivity index (χ4v) is 2.37. The van der Waals surface area contributed by atoms with E-state index in [-0.39, 0.29) is 0 Å².